The summed E-state index contributed by atoms with van der Waals surface area (Å²) in [6.07, 6.45) is 1.17. The van der Waals surface area contributed by atoms with Crippen LogP contribution in [0.1, 0.15) is 17.0 Å². The molecule has 28 heavy (non-hydrogen) atoms. The number of nitrogens with one attached hydrogen (secondary N) is 1. The van der Waals surface area contributed by atoms with Gasteiger partial charge in [-0.1, -0.05) is 36.4 Å². The molecule has 1 heterocycles. The van der Waals surface area contributed by atoms with Gasteiger partial charge in [0.2, 0.25) is 0 Å². The Labute approximate surface area is 184 Å². The highest BCUT2D eigenvalue weighted by atomic mass is 127. The minimum Gasteiger partial charge on any atom is -0.495 e. The number of hydrogen-bond donors (Lipinski definition) is 1. The van der Waals surface area contributed by atoms with Crippen molar-refractivity contribution in [2.75, 3.05) is 51.8 Å². The Kier molecular flexibility index (Phi) is 7.04. The molecule has 5 nitrogen and oxygen atoms in total. The van der Waals surface area contributed by atoms with E-state index in [1.54, 1.807) is 7.11 Å². The van der Waals surface area contributed by atoms with E-state index in [4.69, 9.17) is 4.74 Å². The van der Waals surface area contributed by atoms with Crippen LogP contribution >= 0.6 is 24.0 Å². The average molecular weight is 492 g/mol. The summed E-state index contributed by atoms with van der Waals surface area (Å²) < 4.78 is 5.52. The van der Waals surface area contributed by atoms with Gasteiger partial charge in [-0.2, -0.15) is 0 Å². The van der Waals surface area contributed by atoms with Crippen LogP contribution < -0.4 is 15.0 Å². The number of halogens is 1. The van der Waals surface area contributed by atoms with E-state index in [0.717, 1.165) is 44.4 Å². The third-order valence-corrected chi connectivity index (χ3v) is 5.68. The van der Waals surface area contributed by atoms with E-state index in [0.29, 0.717) is 5.92 Å². The summed E-state index contributed by atoms with van der Waals surface area (Å²) >= 11 is 0. The minimum atomic E-state index is 0. The molecule has 0 bridgehead atoms. The topological polar surface area (TPSA) is 40.1 Å². The fourth-order valence-electron chi connectivity index (χ4n) is 4.14. The Bertz CT molecular complexity index is 818. The zero-order valence-electron chi connectivity index (χ0n) is 16.6. The number of piperazine rings is 1. The zero-order chi connectivity index (χ0) is 18.6. The molecule has 2 aliphatic rings. The summed E-state index contributed by atoms with van der Waals surface area (Å²) in [4.78, 5) is 9.27. The first-order chi connectivity index (χ1) is 13.3. The van der Waals surface area contributed by atoms with E-state index in [1.165, 1.54) is 23.2 Å². The minimum absolute atomic E-state index is 0. The lowest BCUT2D eigenvalue weighted by Gasteiger charge is -2.39. The van der Waals surface area contributed by atoms with Crippen LogP contribution in [0.3, 0.4) is 0 Å². The van der Waals surface area contributed by atoms with Gasteiger partial charge in [0.15, 0.2) is 5.96 Å². The maximum atomic E-state index is 5.52. The molecule has 150 valence electrons. The second kappa shape index (κ2) is 9.49. The molecule has 0 saturated carbocycles. The van der Waals surface area contributed by atoms with Crippen LogP contribution in [-0.2, 0) is 6.42 Å². The quantitative estimate of drug-likeness (QED) is 0.404. The van der Waals surface area contributed by atoms with E-state index in [2.05, 4.69) is 56.5 Å². The van der Waals surface area contributed by atoms with Gasteiger partial charge in [0.25, 0.3) is 0 Å². The molecule has 0 radical (unpaired) electrons. The second-order valence-electron chi connectivity index (χ2n) is 7.17. The van der Waals surface area contributed by atoms with Crippen molar-refractivity contribution in [1.29, 1.82) is 0 Å². The van der Waals surface area contributed by atoms with E-state index >= 15 is 0 Å². The van der Waals surface area contributed by atoms with E-state index in [1.807, 2.05) is 19.2 Å². The number of methoxy groups -OCH3 is 1. The van der Waals surface area contributed by atoms with Gasteiger partial charge in [0.1, 0.15) is 5.75 Å². The lowest BCUT2D eigenvalue weighted by molar-refractivity contribution is 0.365. The summed E-state index contributed by atoms with van der Waals surface area (Å²) in [6, 6.07) is 17.0. The van der Waals surface area contributed by atoms with Crippen molar-refractivity contribution in [3.05, 3.63) is 59.7 Å². The molecule has 1 saturated heterocycles. The Morgan fingerprint density at radius 2 is 1.79 bits per heavy atom. The number of fused-ring (bicyclic) bond motifs is 1. The summed E-state index contributed by atoms with van der Waals surface area (Å²) in [5, 5.41) is 3.59. The van der Waals surface area contributed by atoms with Crippen molar-refractivity contribution in [2.45, 2.75) is 12.3 Å². The maximum absolute atomic E-state index is 5.52. The van der Waals surface area contributed by atoms with Crippen LogP contribution in [-0.4, -0.2) is 57.7 Å². The van der Waals surface area contributed by atoms with Gasteiger partial charge in [0.05, 0.1) is 12.8 Å². The molecule has 1 fully saturated rings. The molecule has 1 unspecified atom stereocenters. The third-order valence-electron chi connectivity index (χ3n) is 5.68. The Hall–Kier alpha value is -1.96. The predicted octanol–water partition coefficient (Wildman–Crippen LogP) is 3.35. The van der Waals surface area contributed by atoms with E-state index in [-0.39, 0.29) is 24.0 Å². The first-order valence-electron chi connectivity index (χ1n) is 9.71. The highest BCUT2D eigenvalue weighted by Gasteiger charge is 2.27. The van der Waals surface area contributed by atoms with Crippen LogP contribution in [0.4, 0.5) is 5.69 Å². The maximum Gasteiger partial charge on any atom is 0.193 e. The molecule has 1 N–H and O–H groups in total. The largest absolute Gasteiger partial charge is 0.495 e. The summed E-state index contributed by atoms with van der Waals surface area (Å²) in [5.41, 5.74) is 4.15. The summed E-state index contributed by atoms with van der Waals surface area (Å²) in [5.74, 6) is 2.56. The number of guanidine groups is 1. The van der Waals surface area contributed by atoms with Crippen molar-refractivity contribution in [3.63, 3.8) is 0 Å². The smallest absolute Gasteiger partial charge is 0.193 e. The lowest BCUT2D eigenvalue weighted by atomic mass is 9.78. The molecule has 2 aromatic rings. The van der Waals surface area contributed by atoms with Gasteiger partial charge in [-0.15, -0.1) is 24.0 Å². The molecule has 0 spiro atoms. The van der Waals surface area contributed by atoms with Crippen LogP contribution in [0.25, 0.3) is 0 Å². The van der Waals surface area contributed by atoms with Crippen molar-refractivity contribution < 1.29 is 4.74 Å². The zero-order valence-corrected chi connectivity index (χ0v) is 18.9. The van der Waals surface area contributed by atoms with Gasteiger partial charge in [-0.3, -0.25) is 4.99 Å². The molecule has 0 amide bonds. The summed E-state index contributed by atoms with van der Waals surface area (Å²) in [6.45, 7) is 4.80. The predicted molar refractivity (Wildman–Crippen MR) is 126 cm³/mol. The number of para-hydroxylation sites is 2. The number of anilines is 1. The first-order valence-corrected chi connectivity index (χ1v) is 9.71. The van der Waals surface area contributed by atoms with E-state index in [9.17, 15) is 0 Å². The fraction of sp³-hybridized carbons (Fsp3) is 0.409. The molecule has 6 heteroatoms. The number of aliphatic imine (C=N–C) groups is 1. The van der Waals surface area contributed by atoms with Gasteiger partial charge < -0.3 is 19.9 Å². The van der Waals surface area contributed by atoms with Gasteiger partial charge in [0, 0.05) is 45.7 Å². The number of rotatable bonds is 4. The molecular formula is C22H29IN4O. The molecular weight excluding hydrogens is 463 g/mol. The monoisotopic (exact) mass is 492 g/mol. The lowest BCUT2D eigenvalue weighted by Crippen LogP contribution is -2.53. The van der Waals surface area contributed by atoms with Crippen LogP contribution in [0, 0.1) is 0 Å². The normalized spacial score (nSPS) is 18.6. The van der Waals surface area contributed by atoms with Crippen LogP contribution in [0.15, 0.2) is 53.5 Å². The van der Waals surface area contributed by atoms with Crippen molar-refractivity contribution in [2.24, 2.45) is 4.99 Å². The number of hydrogen-bond acceptors (Lipinski definition) is 3. The molecule has 0 aromatic heterocycles. The number of benzene rings is 2. The van der Waals surface area contributed by atoms with Crippen LogP contribution in [0.2, 0.25) is 0 Å². The molecule has 1 atom stereocenters. The van der Waals surface area contributed by atoms with Gasteiger partial charge in [-0.05, 0) is 29.7 Å². The number of nitrogens with zero attached hydrogens (tertiary/aromatic N) is 3. The summed E-state index contributed by atoms with van der Waals surface area (Å²) in [7, 11) is 3.61. The van der Waals surface area contributed by atoms with Crippen molar-refractivity contribution >= 4 is 35.6 Å². The Morgan fingerprint density at radius 1 is 1.07 bits per heavy atom. The average Bonchev–Trinajstić information content (AvgIpc) is 2.72. The molecule has 1 aliphatic carbocycles. The fourth-order valence-corrected chi connectivity index (χ4v) is 4.14. The second-order valence-corrected chi connectivity index (χ2v) is 7.17. The Balaban J connectivity index is 0.00000225. The SMILES string of the molecule is CN=C(NCC1Cc2ccccc21)N1CCN(c2ccccc2OC)CC1.I. The molecule has 2 aromatic carbocycles. The standard InChI is InChI=1S/C22H28N4O.HI/c1-23-22(24-16-18-15-17-7-3-4-8-19(17)18)26-13-11-25(12-14-26)20-9-5-6-10-21(20)27-2;/h3-10,18H,11-16H2,1-2H3,(H,23,24);1H. The molecule has 4 rings (SSSR count). The number of ether oxygens (including phenoxy) is 1. The van der Waals surface area contributed by atoms with E-state index < -0.39 is 0 Å². The van der Waals surface area contributed by atoms with Crippen molar-refractivity contribution in [1.82, 2.24) is 10.2 Å². The Morgan fingerprint density at radius 3 is 2.50 bits per heavy atom. The highest BCUT2D eigenvalue weighted by molar-refractivity contribution is 14.0. The highest BCUT2D eigenvalue weighted by Crippen LogP contribution is 2.34. The third kappa shape index (κ3) is 4.21. The van der Waals surface area contributed by atoms with Gasteiger partial charge in [-0.25, -0.2) is 0 Å². The van der Waals surface area contributed by atoms with Gasteiger partial charge >= 0.3 is 0 Å². The van der Waals surface area contributed by atoms with Crippen molar-refractivity contribution in [3.8, 4) is 5.75 Å². The van der Waals surface area contributed by atoms with Crippen LogP contribution in [0.5, 0.6) is 5.75 Å². The first kappa shape index (κ1) is 20.8. The molecule has 1 aliphatic heterocycles.